The number of carbonyl (C=O) groups is 3. The Morgan fingerprint density at radius 1 is 1.09 bits per heavy atom. The van der Waals surface area contributed by atoms with Crippen molar-refractivity contribution < 1.29 is 14.4 Å². The van der Waals surface area contributed by atoms with Crippen LogP contribution in [0.1, 0.15) is 35.7 Å². The van der Waals surface area contributed by atoms with Crippen molar-refractivity contribution in [3.63, 3.8) is 0 Å². The molecular formula is C25H26ClN3O3. The highest BCUT2D eigenvalue weighted by Gasteiger charge is 2.37. The number of anilines is 1. The van der Waals surface area contributed by atoms with Gasteiger partial charge < -0.3 is 10.2 Å². The first-order valence-electron chi connectivity index (χ1n) is 10.9. The van der Waals surface area contributed by atoms with Crippen molar-refractivity contribution in [3.8, 4) is 0 Å². The van der Waals surface area contributed by atoms with E-state index in [2.05, 4.69) is 12.2 Å². The molecule has 32 heavy (non-hydrogen) atoms. The summed E-state index contributed by atoms with van der Waals surface area (Å²) in [5.74, 6) is -0.511. The molecule has 6 nitrogen and oxygen atoms in total. The first-order valence-corrected chi connectivity index (χ1v) is 11.3. The first kappa shape index (κ1) is 22.1. The molecule has 1 fully saturated rings. The average molecular weight is 452 g/mol. The van der Waals surface area contributed by atoms with Crippen LogP contribution in [-0.2, 0) is 16.0 Å². The summed E-state index contributed by atoms with van der Waals surface area (Å²) in [6.07, 6.45) is 2.69. The molecule has 1 N–H and O–H groups in total. The third kappa shape index (κ3) is 4.70. The van der Waals surface area contributed by atoms with E-state index in [0.29, 0.717) is 23.6 Å². The van der Waals surface area contributed by atoms with Gasteiger partial charge in [0.15, 0.2) is 0 Å². The molecule has 2 heterocycles. The topological polar surface area (TPSA) is 69.7 Å². The van der Waals surface area contributed by atoms with Crippen LogP contribution < -0.4 is 5.32 Å². The molecule has 0 spiro atoms. The van der Waals surface area contributed by atoms with Crippen molar-refractivity contribution in [3.05, 3.63) is 76.5 Å². The number of piperidine rings is 1. The lowest BCUT2D eigenvalue weighted by Gasteiger charge is -2.31. The van der Waals surface area contributed by atoms with Gasteiger partial charge >= 0.3 is 0 Å². The average Bonchev–Trinajstić information content (AvgIpc) is 3.01. The molecule has 166 valence electrons. The summed E-state index contributed by atoms with van der Waals surface area (Å²) in [5, 5.41) is 2.84. The predicted octanol–water partition coefficient (Wildman–Crippen LogP) is 4.03. The van der Waals surface area contributed by atoms with E-state index < -0.39 is 11.8 Å². The zero-order chi connectivity index (χ0) is 22.7. The highest BCUT2D eigenvalue weighted by Crippen LogP contribution is 2.27. The van der Waals surface area contributed by atoms with Crippen LogP contribution >= 0.6 is 11.6 Å². The first-order chi connectivity index (χ1) is 15.4. The molecule has 0 aromatic heterocycles. The van der Waals surface area contributed by atoms with Crippen LogP contribution in [-0.4, -0.2) is 47.2 Å². The quantitative estimate of drug-likeness (QED) is 0.673. The number of rotatable bonds is 6. The summed E-state index contributed by atoms with van der Waals surface area (Å²) < 4.78 is 0. The minimum absolute atomic E-state index is 0.0291. The molecule has 3 amide bonds. The molecular weight excluding hydrogens is 426 g/mol. The van der Waals surface area contributed by atoms with Crippen LogP contribution in [0.5, 0.6) is 0 Å². The minimum Gasteiger partial charge on any atom is -0.350 e. The van der Waals surface area contributed by atoms with Crippen LogP contribution in [0.3, 0.4) is 0 Å². The van der Waals surface area contributed by atoms with Gasteiger partial charge in [-0.15, -0.1) is 0 Å². The Morgan fingerprint density at radius 2 is 1.88 bits per heavy atom. The number of imide groups is 1. The Hall–Kier alpha value is -3.12. The van der Waals surface area contributed by atoms with Gasteiger partial charge in [-0.3, -0.25) is 19.3 Å². The fraction of sp³-hybridized carbons (Fsp3) is 0.320. The minimum atomic E-state index is -0.510. The molecule has 0 saturated carbocycles. The fourth-order valence-corrected chi connectivity index (χ4v) is 4.40. The number of carbonyl (C=O) groups excluding carboxylic acids is 3. The number of benzene rings is 2. The van der Waals surface area contributed by atoms with Gasteiger partial charge in [-0.05, 0) is 48.9 Å². The molecule has 2 aliphatic rings. The van der Waals surface area contributed by atoms with Crippen molar-refractivity contribution >= 4 is 35.0 Å². The molecule has 1 unspecified atom stereocenters. The van der Waals surface area contributed by atoms with Gasteiger partial charge in [0.25, 0.3) is 17.7 Å². The molecule has 1 atom stereocenters. The molecule has 2 aromatic carbocycles. The Bertz CT molecular complexity index is 1070. The van der Waals surface area contributed by atoms with E-state index in [1.165, 1.54) is 0 Å². The van der Waals surface area contributed by atoms with Crippen molar-refractivity contribution in [1.29, 1.82) is 0 Å². The second-order valence-corrected chi connectivity index (χ2v) is 8.77. The fourth-order valence-electron chi connectivity index (χ4n) is 4.17. The van der Waals surface area contributed by atoms with Crippen molar-refractivity contribution in [1.82, 2.24) is 9.80 Å². The van der Waals surface area contributed by atoms with Gasteiger partial charge in [-0.1, -0.05) is 54.9 Å². The maximum atomic E-state index is 12.9. The Labute approximate surface area is 192 Å². The summed E-state index contributed by atoms with van der Waals surface area (Å²) in [6.45, 7) is 3.89. The summed E-state index contributed by atoms with van der Waals surface area (Å²) >= 11 is 6.22. The lowest BCUT2D eigenvalue weighted by atomic mass is 9.99. The van der Waals surface area contributed by atoms with E-state index in [1.807, 2.05) is 35.2 Å². The van der Waals surface area contributed by atoms with Gasteiger partial charge in [0, 0.05) is 30.9 Å². The van der Waals surface area contributed by atoms with E-state index in [9.17, 15) is 14.4 Å². The lowest BCUT2D eigenvalue weighted by Crippen LogP contribution is -2.39. The second-order valence-electron chi connectivity index (χ2n) is 8.39. The summed E-state index contributed by atoms with van der Waals surface area (Å²) in [6, 6.07) is 16.6. The smallest absolute Gasteiger partial charge is 0.278 e. The molecule has 2 aromatic rings. The van der Waals surface area contributed by atoms with Crippen LogP contribution in [0, 0.1) is 5.92 Å². The standard InChI is InChI=1S/C25H26ClN3O3/c1-17-7-6-13-28(16-17)23(30)19-10-5-11-20(15-19)27-22-21(26)24(31)29(25(22)32)14-12-18-8-3-2-4-9-18/h2-5,8-11,15,17,27H,6-7,12-14,16H2,1H3. The summed E-state index contributed by atoms with van der Waals surface area (Å²) in [4.78, 5) is 41.4. The number of nitrogens with one attached hydrogen (secondary N) is 1. The van der Waals surface area contributed by atoms with E-state index >= 15 is 0 Å². The monoisotopic (exact) mass is 451 g/mol. The van der Waals surface area contributed by atoms with Gasteiger partial charge in [0.2, 0.25) is 0 Å². The maximum Gasteiger partial charge on any atom is 0.278 e. The maximum absolute atomic E-state index is 12.9. The zero-order valence-electron chi connectivity index (χ0n) is 18.0. The zero-order valence-corrected chi connectivity index (χ0v) is 18.8. The normalized spacial score (nSPS) is 19.0. The number of nitrogens with zero attached hydrogens (tertiary/aromatic N) is 2. The van der Waals surface area contributed by atoms with Crippen LogP contribution in [0.2, 0.25) is 0 Å². The van der Waals surface area contributed by atoms with Gasteiger partial charge in [-0.2, -0.15) is 0 Å². The summed E-state index contributed by atoms with van der Waals surface area (Å²) in [7, 11) is 0. The molecule has 0 aliphatic carbocycles. The third-order valence-corrected chi connectivity index (χ3v) is 6.25. The number of hydrogen-bond donors (Lipinski definition) is 1. The largest absolute Gasteiger partial charge is 0.350 e. The number of amides is 3. The molecule has 2 aliphatic heterocycles. The van der Waals surface area contributed by atoms with Crippen LogP contribution in [0.15, 0.2) is 65.3 Å². The van der Waals surface area contributed by atoms with Crippen molar-refractivity contribution in [2.45, 2.75) is 26.2 Å². The Morgan fingerprint density at radius 3 is 2.62 bits per heavy atom. The van der Waals surface area contributed by atoms with Crippen LogP contribution in [0.4, 0.5) is 5.69 Å². The van der Waals surface area contributed by atoms with Crippen LogP contribution in [0.25, 0.3) is 0 Å². The molecule has 4 rings (SSSR count). The third-order valence-electron chi connectivity index (χ3n) is 5.90. The van der Waals surface area contributed by atoms with E-state index in [4.69, 9.17) is 11.6 Å². The highest BCUT2D eigenvalue weighted by molar-refractivity contribution is 6.48. The number of hydrogen-bond acceptors (Lipinski definition) is 4. The Kier molecular flexibility index (Phi) is 6.61. The van der Waals surface area contributed by atoms with E-state index in [1.54, 1.807) is 24.3 Å². The van der Waals surface area contributed by atoms with Crippen molar-refractivity contribution in [2.24, 2.45) is 5.92 Å². The lowest BCUT2D eigenvalue weighted by molar-refractivity contribution is -0.137. The summed E-state index contributed by atoms with van der Waals surface area (Å²) in [5.41, 5.74) is 2.16. The molecule has 1 saturated heterocycles. The van der Waals surface area contributed by atoms with Gasteiger partial charge in [-0.25, -0.2) is 0 Å². The van der Waals surface area contributed by atoms with E-state index in [0.717, 1.165) is 36.4 Å². The second kappa shape index (κ2) is 9.57. The van der Waals surface area contributed by atoms with Crippen molar-refractivity contribution in [2.75, 3.05) is 25.0 Å². The van der Waals surface area contributed by atoms with E-state index in [-0.39, 0.29) is 23.2 Å². The SMILES string of the molecule is CC1CCCN(C(=O)c2cccc(NC3=C(Cl)C(=O)N(CCc4ccccc4)C3=O)c2)C1. The molecule has 0 bridgehead atoms. The van der Waals surface area contributed by atoms with Gasteiger partial charge in [0.05, 0.1) is 0 Å². The molecule has 7 heteroatoms. The highest BCUT2D eigenvalue weighted by atomic mass is 35.5. The van der Waals surface area contributed by atoms with Gasteiger partial charge in [0.1, 0.15) is 10.7 Å². The Balaban J connectivity index is 1.45. The number of halogens is 1. The number of likely N-dealkylation sites (tertiary alicyclic amines) is 1. The molecule has 0 radical (unpaired) electrons. The predicted molar refractivity (Wildman–Crippen MR) is 124 cm³/mol.